The minimum Gasteiger partial charge on any atom is -0.464 e. The summed E-state index contributed by atoms with van der Waals surface area (Å²) < 4.78 is 70.6. The number of ether oxygens (including phenoxy) is 1. The Hall–Kier alpha value is -3.02. The Balaban J connectivity index is 2.44. The number of benzene rings is 2. The number of rotatable bonds is 13. The van der Waals surface area contributed by atoms with Crippen molar-refractivity contribution in [2.75, 3.05) is 40.6 Å². The van der Waals surface area contributed by atoms with Gasteiger partial charge in [-0.25, -0.2) is 8.42 Å². The average Bonchev–Trinajstić information content (AvgIpc) is 2.89. The molecule has 1 atom stereocenters. The lowest BCUT2D eigenvalue weighted by molar-refractivity contribution is -0.144. The van der Waals surface area contributed by atoms with Crippen LogP contribution in [0.15, 0.2) is 58.4 Å². The van der Waals surface area contributed by atoms with Crippen molar-refractivity contribution >= 4 is 27.1 Å². The highest BCUT2D eigenvalue weighted by Crippen LogP contribution is 2.34. The Morgan fingerprint density at radius 1 is 1.12 bits per heavy atom. The lowest BCUT2D eigenvalue weighted by atomic mass is 9.85. The number of carbonyl (C=O) groups is 1. The summed E-state index contributed by atoms with van der Waals surface area (Å²) in [5.74, 6) is -0.785. The summed E-state index contributed by atoms with van der Waals surface area (Å²) in [5, 5.41) is 7.61. The molecule has 0 radical (unpaired) electrons. The van der Waals surface area contributed by atoms with Gasteiger partial charge in [-0.2, -0.15) is 13.2 Å². The van der Waals surface area contributed by atoms with Crippen LogP contribution in [0.25, 0.3) is 16.7 Å². The van der Waals surface area contributed by atoms with E-state index in [1.165, 1.54) is 6.07 Å². The molecule has 2 aromatic carbocycles. The van der Waals surface area contributed by atoms with Crippen LogP contribution < -0.4 is 0 Å². The zero-order valence-corrected chi connectivity index (χ0v) is 24.3. The van der Waals surface area contributed by atoms with E-state index in [-0.39, 0.29) is 30.4 Å². The third-order valence-corrected chi connectivity index (χ3v) is 7.64. The fourth-order valence-electron chi connectivity index (χ4n) is 4.22. The number of carbonyl (C=O) groups excluding carboxylic acids is 1. The van der Waals surface area contributed by atoms with E-state index in [1.807, 2.05) is 25.9 Å². The summed E-state index contributed by atoms with van der Waals surface area (Å²) in [5.41, 5.74) is 1.57. The van der Waals surface area contributed by atoms with Crippen LogP contribution in [0, 0.1) is 5.92 Å². The molecule has 11 heteroatoms. The van der Waals surface area contributed by atoms with Gasteiger partial charge in [0.05, 0.1) is 4.90 Å². The van der Waals surface area contributed by atoms with E-state index in [2.05, 4.69) is 4.99 Å². The Morgan fingerprint density at radius 2 is 1.75 bits per heavy atom. The lowest BCUT2D eigenvalue weighted by Crippen LogP contribution is -2.22. The van der Waals surface area contributed by atoms with E-state index >= 15 is 0 Å². The number of alkyl halides is 3. The van der Waals surface area contributed by atoms with Crippen LogP contribution >= 0.6 is 0 Å². The van der Waals surface area contributed by atoms with Gasteiger partial charge in [-0.1, -0.05) is 37.3 Å². The van der Waals surface area contributed by atoms with Crippen molar-refractivity contribution in [1.82, 2.24) is 4.90 Å². The Morgan fingerprint density at radius 3 is 2.25 bits per heavy atom. The van der Waals surface area contributed by atoms with Crippen molar-refractivity contribution < 1.29 is 36.2 Å². The number of hydrogen-bond acceptors (Lipinski definition) is 6. The van der Waals surface area contributed by atoms with E-state index in [0.29, 0.717) is 47.2 Å². The summed E-state index contributed by atoms with van der Waals surface area (Å²) in [7, 11) is 1.24. The molecule has 1 unspecified atom stereocenters. The van der Waals surface area contributed by atoms with Gasteiger partial charge in [0.1, 0.15) is 12.3 Å². The van der Waals surface area contributed by atoms with Crippen LogP contribution in [0.1, 0.15) is 37.3 Å². The first-order valence-electron chi connectivity index (χ1n) is 12.9. The van der Waals surface area contributed by atoms with Gasteiger partial charge in [-0.15, -0.1) is 0 Å². The lowest BCUT2D eigenvalue weighted by Gasteiger charge is -2.21. The first-order chi connectivity index (χ1) is 18.7. The van der Waals surface area contributed by atoms with Gasteiger partial charge in [0, 0.05) is 31.8 Å². The molecule has 0 spiro atoms. The molecule has 0 fully saturated rings. The van der Waals surface area contributed by atoms with Crippen molar-refractivity contribution in [3.05, 3.63) is 59.7 Å². The monoisotopic (exact) mass is 583 g/mol. The number of esters is 1. The maximum absolute atomic E-state index is 13.6. The van der Waals surface area contributed by atoms with E-state index in [4.69, 9.17) is 9.84 Å². The zero-order valence-electron chi connectivity index (χ0n) is 23.5. The molecule has 0 aliphatic rings. The maximum atomic E-state index is 13.6. The number of likely N-dealkylation sites (N-methyl/N-ethyl adjacent to an activating group) is 1. The van der Waals surface area contributed by atoms with Gasteiger partial charge in [0.2, 0.25) is 0 Å². The van der Waals surface area contributed by atoms with Gasteiger partial charge in [-0.3, -0.25) is 9.79 Å². The van der Waals surface area contributed by atoms with Gasteiger partial charge in [-0.05, 0) is 73.3 Å². The van der Waals surface area contributed by atoms with Crippen LogP contribution in [-0.4, -0.2) is 76.8 Å². The predicted octanol–water partition coefficient (Wildman–Crippen LogP) is 4.91. The average molecular weight is 584 g/mol. The molecule has 0 aliphatic heterocycles. The topological polar surface area (TPSA) is 98.9 Å². The first-order valence-corrected chi connectivity index (χ1v) is 14.7. The number of halogens is 3. The molecule has 0 saturated heterocycles. The standard InChI is InChI=1S/C29H37F3N2O5S/c1-6-20(13-14-28(36)39-16-15-34(3)4)25(18-27(33-2)29(30,31)32)22-9-7-21(8-10-22)23-11-12-24(19-35)26(17-23)40(5,37)38/h7-12,17-18,20,35H,6,13-16,19H2,1-5H3/p+1/b25-18+,33-27?. The molecule has 0 saturated carbocycles. The molecule has 0 bridgehead atoms. The minimum absolute atomic E-state index is 0.0581. The largest absolute Gasteiger partial charge is 0.464 e. The molecule has 40 heavy (non-hydrogen) atoms. The third kappa shape index (κ3) is 9.57. The molecular formula is C29H38F3N2O5S+. The number of nitrogens with zero attached hydrogens (tertiary/aromatic N) is 2. The van der Waals surface area contributed by atoms with Gasteiger partial charge in [0.15, 0.2) is 16.4 Å². The van der Waals surface area contributed by atoms with E-state index in [0.717, 1.165) is 19.4 Å². The summed E-state index contributed by atoms with van der Waals surface area (Å²) in [6, 6.07) is 11.6. The molecule has 7 nitrogen and oxygen atoms in total. The first kappa shape index (κ1) is 33.2. The van der Waals surface area contributed by atoms with Crippen LogP contribution in [0.2, 0.25) is 0 Å². The second-order valence-electron chi connectivity index (χ2n) is 9.72. The van der Waals surface area contributed by atoms with Crippen molar-refractivity contribution in [2.24, 2.45) is 10.9 Å². The Bertz CT molecular complexity index is 1320. The summed E-state index contributed by atoms with van der Waals surface area (Å²) in [6.45, 7) is 2.47. The fourth-order valence-corrected chi connectivity index (χ4v) is 5.18. The molecule has 0 amide bonds. The number of allylic oxidation sites excluding steroid dienone is 2. The highest BCUT2D eigenvalue weighted by Gasteiger charge is 2.34. The van der Waals surface area contributed by atoms with Crippen LogP contribution in [0.5, 0.6) is 0 Å². The van der Waals surface area contributed by atoms with Crippen LogP contribution in [0.4, 0.5) is 13.2 Å². The van der Waals surface area contributed by atoms with Gasteiger partial charge in [0.25, 0.3) is 0 Å². The van der Waals surface area contributed by atoms with E-state index in [1.54, 1.807) is 36.4 Å². The SMILES string of the molecule is CCC(CCC(=O)OCCN(C)C)/C(=C\C(=NC)C(F)(F)F)c1ccc(-c2ccc(C[OH2+])c(S(C)(=O)=O)c2)cc1. The third-order valence-electron chi connectivity index (χ3n) is 6.46. The summed E-state index contributed by atoms with van der Waals surface area (Å²) in [4.78, 5) is 17.7. The van der Waals surface area contributed by atoms with Crippen molar-refractivity contribution in [1.29, 1.82) is 0 Å². The highest BCUT2D eigenvalue weighted by atomic mass is 32.2. The Labute approximate surface area is 234 Å². The molecule has 0 heterocycles. The summed E-state index contributed by atoms with van der Waals surface area (Å²) in [6.07, 6.45) is -1.69. The summed E-state index contributed by atoms with van der Waals surface area (Å²) >= 11 is 0. The van der Waals surface area contributed by atoms with Crippen LogP contribution in [0.3, 0.4) is 0 Å². The molecule has 0 aromatic heterocycles. The number of hydrogen-bond donors (Lipinski definition) is 0. The smallest absolute Gasteiger partial charge is 0.432 e. The van der Waals surface area contributed by atoms with Gasteiger partial charge < -0.3 is 14.7 Å². The molecule has 2 N–H and O–H groups in total. The highest BCUT2D eigenvalue weighted by molar-refractivity contribution is 7.90. The van der Waals surface area contributed by atoms with E-state index in [9.17, 15) is 26.4 Å². The second kappa shape index (κ2) is 14.6. The molecule has 220 valence electrons. The fraction of sp³-hybridized carbons (Fsp3) is 0.448. The van der Waals surface area contributed by atoms with Crippen molar-refractivity contribution in [2.45, 2.75) is 43.9 Å². The van der Waals surface area contributed by atoms with Crippen LogP contribution in [-0.2, 0) is 26.0 Å². The molecule has 0 aliphatic carbocycles. The molecular weight excluding hydrogens is 545 g/mol. The maximum Gasteiger partial charge on any atom is 0.432 e. The predicted molar refractivity (Wildman–Crippen MR) is 152 cm³/mol. The van der Waals surface area contributed by atoms with Crippen molar-refractivity contribution in [3.8, 4) is 11.1 Å². The number of aliphatic imine (C=N–C) groups is 1. The Kier molecular flexibility index (Phi) is 12.1. The van der Waals surface area contributed by atoms with E-state index < -0.39 is 27.7 Å². The van der Waals surface area contributed by atoms with Gasteiger partial charge >= 0.3 is 12.1 Å². The number of sulfone groups is 1. The second-order valence-corrected chi connectivity index (χ2v) is 11.7. The molecule has 2 rings (SSSR count). The minimum atomic E-state index is -4.65. The quantitative estimate of drug-likeness (QED) is 0.190. The zero-order chi connectivity index (χ0) is 30.1. The normalized spacial score (nSPS) is 13.9. The molecule has 2 aromatic rings. The van der Waals surface area contributed by atoms with Crippen molar-refractivity contribution in [3.63, 3.8) is 0 Å².